The molecule has 0 aliphatic carbocycles. The van der Waals surface area contributed by atoms with Crippen LogP contribution in [0, 0.1) is 10.1 Å². The van der Waals surface area contributed by atoms with Crippen LogP contribution in [-0.2, 0) is 14.6 Å². The second-order valence-electron chi connectivity index (χ2n) is 7.57. The Morgan fingerprint density at radius 2 is 1.39 bits per heavy atom. The Kier molecular flexibility index (Phi) is 10.2. The lowest BCUT2D eigenvalue weighted by molar-refractivity contribution is -0.386. The summed E-state index contributed by atoms with van der Waals surface area (Å²) in [7, 11) is -3.70. The van der Waals surface area contributed by atoms with Gasteiger partial charge < -0.3 is 24.0 Å². The van der Waals surface area contributed by atoms with E-state index in [1.54, 1.807) is 33.8 Å². The van der Waals surface area contributed by atoms with Gasteiger partial charge in [-0.15, -0.1) is 0 Å². The topological polar surface area (TPSA) is 163 Å². The summed E-state index contributed by atoms with van der Waals surface area (Å²) < 4.78 is 42.4. The van der Waals surface area contributed by atoms with Crippen LogP contribution in [-0.4, -0.2) is 74.6 Å². The number of carbonyl (C=O) groups excluding carboxylic acids is 3. The molecule has 38 heavy (non-hydrogen) atoms. The van der Waals surface area contributed by atoms with Crippen molar-refractivity contribution in [2.24, 2.45) is 0 Å². The van der Waals surface area contributed by atoms with E-state index in [0.717, 1.165) is 13.2 Å². The third-order valence-electron chi connectivity index (χ3n) is 5.53. The monoisotopic (exact) mass is 551 g/mol. The van der Waals surface area contributed by atoms with Gasteiger partial charge in [-0.3, -0.25) is 10.1 Å². The molecule has 13 nitrogen and oxygen atoms in total. The third kappa shape index (κ3) is 6.19. The molecule has 0 aliphatic heterocycles. The fraction of sp³-hybridized carbons (Fsp3) is 0.375. The molecule has 0 radical (unpaired) electrons. The number of hydrogen-bond acceptors (Lipinski definition) is 10. The Labute approximate surface area is 219 Å². The first-order valence-electron chi connectivity index (χ1n) is 11.7. The van der Waals surface area contributed by atoms with E-state index < -0.39 is 60.6 Å². The predicted molar refractivity (Wildman–Crippen MR) is 134 cm³/mol. The number of benzene rings is 2. The highest BCUT2D eigenvalue weighted by Gasteiger charge is 2.40. The summed E-state index contributed by atoms with van der Waals surface area (Å²) in [5, 5.41) is 12.3. The Morgan fingerprint density at radius 1 is 0.895 bits per heavy atom. The highest BCUT2D eigenvalue weighted by molar-refractivity contribution is 7.91. The number of ether oxygens (including phenoxy) is 3. The van der Waals surface area contributed by atoms with Crippen LogP contribution >= 0.6 is 0 Å². The molecule has 0 unspecified atom stereocenters. The maximum absolute atomic E-state index is 13.6. The highest BCUT2D eigenvalue weighted by atomic mass is 32.2. The number of methoxy groups -OCH3 is 1. The molecule has 0 fully saturated rings. The lowest BCUT2D eigenvalue weighted by Crippen LogP contribution is -2.35. The molecule has 0 atom stereocenters. The number of sulfone groups is 1. The molecule has 2 rings (SSSR count). The summed E-state index contributed by atoms with van der Waals surface area (Å²) in [6, 6.07) is 7.57. The Bertz CT molecular complexity index is 1300. The van der Waals surface area contributed by atoms with E-state index in [1.165, 1.54) is 34.1 Å². The van der Waals surface area contributed by atoms with Gasteiger partial charge >= 0.3 is 23.8 Å². The Balaban J connectivity index is 3.01. The van der Waals surface area contributed by atoms with E-state index in [4.69, 9.17) is 9.47 Å². The number of nitro benzene ring substituents is 1. The quantitative estimate of drug-likeness (QED) is 0.240. The number of carbonyl (C=O) groups is 3. The van der Waals surface area contributed by atoms with Crippen molar-refractivity contribution in [2.75, 3.05) is 33.3 Å². The summed E-state index contributed by atoms with van der Waals surface area (Å²) in [4.78, 5) is 50.8. The summed E-state index contributed by atoms with van der Waals surface area (Å²) in [6.45, 7) is 7.30. The maximum Gasteiger partial charge on any atom is 0.415 e. The van der Waals surface area contributed by atoms with E-state index in [0.29, 0.717) is 0 Å². The second-order valence-corrected chi connectivity index (χ2v) is 9.49. The summed E-state index contributed by atoms with van der Waals surface area (Å²) in [5.41, 5.74) is -2.21. The summed E-state index contributed by atoms with van der Waals surface area (Å²) in [5.74, 6) is -3.04. The van der Waals surface area contributed by atoms with Gasteiger partial charge in [0.25, 0.3) is 5.75 Å². The van der Waals surface area contributed by atoms with Crippen LogP contribution in [0.1, 0.15) is 38.1 Å². The maximum atomic E-state index is 13.6. The van der Waals surface area contributed by atoms with Crippen LogP contribution in [0.5, 0.6) is 11.5 Å². The number of rotatable bonds is 10. The standard InChI is InChI=1S/C24H29N3O10S/c1-6-25(7-2)23(29)36-17-15-18(38(33,34)16-13-11-10-12-14-16)19(22(28)35-5)20(27(31)32)21(17)37-24(30)26(8-3)9-4/h10-15H,6-9H2,1-5H3. The van der Waals surface area contributed by atoms with Gasteiger partial charge in [-0.05, 0) is 39.8 Å². The molecule has 14 heteroatoms. The highest BCUT2D eigenvalue weighted by Crippen LogP contribution is 2.45. The molecule has 0 heterocycles. The average Bonchev–Trinajstić information content (AvgIpc) is 2.90. The molecular weight excluding hydrogens is 522 g/mol. The van der Waals surface area contributed by atoms with Gasteiger partial charge in [0, 0.05) is 32.2 Å². The van der Waals surface area contributed by atoms with Crippen LogP contribution in [0.2, 0.25) is 0 Å². The number of nitro groups is 1. The van der Waals surface area contributed by atoms with Crippen LogP contribution < -0.4 is 9.47 Å². The molecule has 0 spiro atoms. The molecule has 0 aliphatic rings. The number of amides is 2. The SMILES string of the molecule is CCN(CC)C(=O)Oc1cc(S(=O)(=O)c2ccccc2)c(C(=O)OC)c([N+](=O)[O-])c1OC(=O)N(CC)CC. The van der Waals surface area contributed by atoms with Crippen molar-refractivity contribution in [1.29, 1.82) is 0 Å². The zero-order valence-electron chi connectivity index (χ0n) is 21.6. The van der Waals surface area contributed by atoms with Crippen molar-refractivity contribution in [3.63, 3.8) is 0 Å². The van der Waals surface area contributed by atoms with Crippen LogP contribution in [0.3, 0.4) is 0 Å². The van der Waals surface area contributed by atoms with Crippen LogP contribution in [0.15, 0.2) is 46.2 Å². The lowest BCUT2D eigenvalue weighted by atomic mass is 10.1. The summed E-state index contributed by atoms with van der Waals surface area (Å²) >= 11 is 0. The fourth-order valence-corrected chi connectivity index (χ4v) is 4.94. The molecule has 0 saturated carbocycles. The first kappa shape index (κ1) is 30.0. The molecule has 206 valence electrons. The minimum absolute atomic E-state index is 0.169. The number of nitrogens with zero attached hydrogens (tertiary/aromatic N) is 3. The zero-order chi connectivity index (χ0) is 28.6. The van der Waals surface area contributed by atoms with Gasteiger partial charge in [0.1, 0.15) is 0 Å². The number of esters is 1. The molecule has 0 saturated heterocycles. The number of hydrogen-bond donors (Lipinski definition) is 0. The van der Waals surface area contributed by atoms with Crippen LogP contribution in [0.4, 0.5) is 15.3 Å². The normalized spacial score (nSPS) is 10.9. The molecule has 0 N–H and O–H groups in total. The fourth-order valence-electron chi connectivity index (χ4n) is 3.46. The van der Waals surface area contributed by atoms with Crippen molar-refractivity contribution in [2.45, 2.75) is 37.5 Å². The van der Waals surface area contributed by atoms with Crippen molar-refractivity contribution in [3.8, 4) is 11.5 Å². The first-order chi connectivity index (χ1) is 18.0. The smallest absolute Gasteiger partial charge is 0.415 e. The van der Waals surface area contributed by atoms with Gasteiger partial charge in [-0.25, -0.2) is 22.8 Å². The zero-order valence-corrected chi connectivity index (χ0v) is 22.4. The van der Waals surface area contributed by atoms with Crippen LogP contribution in [0.25, 0.3) is 0 Å². The van der Waals surface area contributed by atoms with Crippen molar-refractivity contribution < 1.29 is 41.9 Å². The first-order valence-corrected chi connectivity index (χ1v) is 13.1. The van der Waals surface area contributed by atoms with Gasteiger partial charge in [0.15, 0.2) is 11.3 Å². The van der Waals surface area contributed by atoms with Gasteiger partial charge in [-0.2, -0.15) is 0 Å². The van der Waals surface area contributed by atoms with E-state index in [1.807, 2.05) is 0 Å². The van der Waals surface area contributed by atoms with Gasteiger partial charge in [0.2, 0.25) is 9.84 Å². The van der Waals surface area contributed by atoms with E-state index in [-0.39, 0.29) is 31.1 Å². The predicted octanol–water partition coefficient (Wildman–Crippen LogP) is 3.90. The summed E-state index contributed by atoms with van der Waals surface area (Å²) in [6.07, 6.45) is -2.04. The lowest BCUT2D eigenvalue weighted by Gasteiger charge is -2.22. The van der Waals surface area contributed by atoms with Crippen molar-refractivity contribution in [1.82, 2.24) is 9.80 Å². The van der Waals surface area contributed by atoms with E-state index in [2.05, 4.69) is 4.74 Å². The molecule has 2 amide bonds. The van der Waals surface area contributed by atoms with Crippen molar-refractivity contribution in [3.05, 3.63) is 52.1 Å². The Morgan fingerprint density at radius 3 is 1.84 bits per heavy atom. The minimum atomic E-state index is -4.60. The Hall–Kier alpha value is -4.20. The molecule has 0 bridgehead atoms. The van der Waals surface area contributed by atoms with Crippen molar-refractivity contribution >= 4 is 33.7 Å². The molecule has 2 aromatic carbocycles. The van der Waals surface area contributed by atoms with E-state index in [9.17, 15) is 32.9 Å². The van der Waals surface area contributed by atoms with Gasteiger partial charge in [0.05, 0.1) is 21.8 Å². The third-order valence-corrected chi connectivity index (χ3v) is 7.32. The molecular formula is C24H29N3O10S. The van der Waals surface area contributed by atoms with Gasteiger partial charge in [-0.1, -0.05) is 18.2 Å². The molecule has 2 aromatic rings. The second kappa shape index (κ2) is 12.9. The largest absolute Gasteiger partial charge is 0.465 e. The van der Waals surface area contributed by atoms with E-state index >= 15 is 0 Å². The molecule has 0 aromatic heterocycles. The average molecular weight is 552 g/mol. The minimum Gasteiger partial charge on any atom is -0.465 e.